The van der Waals surface area contributed by atoms with Gasteiger partial charge in [0.25, 0.3) is 0 Å². The second-order valence-electron chi connectivity index (χ2n) is 12.9. The number of benzene rings is 8. The van der Waals surface area contributed by atoms with Gasteiger partial charge in [0.2, 0.25) is 0 Å². The van der Waals surface area contributed by atoms with Crippen molar-refractivity contribution in [2.75, 3.05) is 0 Å². The van der Waals surface area contributed by atoms with Crippen LogP contribution in [-0.2, 0) is 0 Å². The minimum Gasteiger partial charge on any atom is -0.455 e. The summed E-state index contributed by atoms with van der Waals surface area (Å²) < 4.78 is 6.80. The summed E-state index contributed by atoms with van der Waals surface area (Å²) >= 11 is 0. The number of rotatable bonds is 5. The third kappa shape index (κ3) is 4.98. The monoisotopic (exact) mass is 650 g/mol. The third-order valence-electron chi connectivity index (χ3n) is 9.89. The van der Waals surface area contributed by atoms with Gasteiger partial charge in [0, 0.05) is 33.0 Å². The maximum Gasteiger partial charge on any atom is 0.161 e. The average Bonchev–Trinajstić information content (AvgIpc) is 3.58. The van der Waals surface area contributed by atoms with E-state index >= 15 is 0 Å². The molecule has 0 radical (unpaired) electrons. The molecule has 0 aliphatic carbocycles. The Labute approximate surface area is 295 Å². The number of hydrogen-bond donors (Lipinski definition) is 0. The van der Waals surface area contributed by atoms with Crippen LogP contribution in [0.2, 0.25) is 0 Å². The molecule has 0 N–H and O–H groups in total. The van der Waals surface area contributed by atoms with Crippen LogP contribution >= 0.6 is 0 Å². The van der Waals surface area contributed by atoms with Crippen LogP contribution < -0.4 is 0 Å². The Morgan fingerprint density at radius 1 is 0.353 bits per heavy atom. The van der Waals surface area contributed by atoms with Crippen LogP contribution in [0.25, 0.3) is 99.6 Å². The maximum atomic E-state index is 6.80. The molecule has 2 heterocycles. The molecular weight excluding hydrogens is 621 g/mol. The lowest BCUT2D eigenvalue weighted by atomic mass is 9.90. The fourth-order valence-electron chi connectivity index (χ4n) is 7.44. The fourth-order valence-corrected chi connectivity index (χ4v) is 7.44. The second-order valence-corrected chi connectivity index (χ2v) is 12.9. The fraction of sp³-hybridized carbons (Fsp3) is 0. The Hall–Kier alpha value is -6.84. The van der Waals surface area contributed by atoms with Gasteiger partial charge in [0.1, 0.15) is 11.2 Å². The minimum atomic E-state index is 0.697. The van der Waals surface area contributed by atoms with Crippen molar-refractivity contribution in [1.29, 1.82) is 0 Å². The molecule has 3 heteroatoms. The summed E-state index contributed by atoms with van der Waals surface area (Å²) in [6.45, 7) is 0. The molecule has 238 valence electrons. The van der Waals surface area contributed by atoms with Crippen molar-refractivity contribution in [1.82, 2.24) is 9.97 Å². The van der Waals surface area contributed by atoms with E-state index in [2.05, 4.69) is 170 Å². The van der Waals surface area contributed by atoms with E-state index < -0.39 is 0 Å². The number of hydrogen-bond acceptors (Lipinski definition) is 3. The van der Waals surface area contributed by atoms with Crippen LogP contribution in [0.3, 0.4) is 0 Å². The first-order valence-electron chi connectivity index (χ1n) is 17.2. The van der Waals surface area contributed by atoms with Crippen LogP contribution in [0.5, 0.6) is 0 Å². The molecule has 0 spiro atoms. The van der Waals surface area contributed by atoms with E-state index in [-0.39, 0.29) is 0 Å². The molecule has 10 rings (SSSR count). The van der Waals surface area contributed by atoms with Gasteiger partial charge in [-0.25, -0.2) is 9.97 Å². The highest BCUT2D eigenvalue weighted by atomic mass is 16.3. The highest BCUT2D eigenvalue weighted by Gasteiger charge is 2.21. The molecule has 0 unspecified atom stereocenters. The van der Waals surface area contributed by atoms with Gasteiger partial charge < -0.3 is 4.42 Å². The zero-order valence-corrected chi connectivity index (χ0v) is 27.6. The maximum absolute atomic E-state index is 6.80. The molecule has 51 heavy (non-hydrogen) atoms. The molecule has 0 amide bonds. The van der Waals surface area contributed by atoms with E-state index in [0.717, 1.165) is 88.4 Å². The summed E-state index contributed by atoms with van der Waals surface area (Å²) in [5.74, 6) is 0.697. The molecule has 0 saturated carbocycles. The molecule has 0 fully saturated rings. The number of fused-ring (bicyclic) bond motifs is 5. The zero-order chi connectivity index (χ0) is 33.7. The largest absolute Gasteiger partial charge is 0.455 e. The molecule has 0 atom stereocenters. The van der Waals surface area contributed by atoms with Crippen molar-refractivity contribution in [2.45, 2.75) is 0 Å². The highest BCUT2D eigenvalue weighted by molar-refractivity contribution is 6.21. The van der Waals surface area contributed by atoms with Gasteiger partial charge in [0.05, 0.1) is 11.4 Å². The Morgan fingerprint density at radius 2 is 0.843 bits per heavy atom. The Bertz CT molecular complexity index is 2840. The summed E-state index contributed by atoms with van der Waals surface area (Å²) in [5, 5.41) is 6.80. The summed E-state index contributed by atoms with van der Waals surface area (Å²) in [7, 11) is 0. The van der Waals surface area contributed by atoms with Crippen molar-refractivity contribution < 1.29 is 4.42 Å². The van der Waals surface area contributed by atoms with Gasteiger partial charge in [-0.15, -0.1) is 0 Å². The number of furan rings is 1. The number of aromatic nitrogens is 2. The predicted molar refractivity (Wildman–Crippen MR) is 212 cm³/mol. The van der Waals surface area contributed by atoms with Crippen molar-refractivity contribution in [3.8, 4) is 56.2 Å². The van der Waals surface area contributed by atoms with Crippen LogP contribution in [0.1, 0.15) is 0 Å². The van der Waals surface area contributed by atoms with E-state index in [4.69, 9.17) is 14.4 Å². The lowest BCUT2D eigenvalue weighted by Crippen LogP contribution is -1.97. The van der Waals surface area contributed by atoms with Crippen LogP contribution in [-0.4, -0.2) is 9.97 Å². The van der Waals surface area contributed by atoms with Crippen molar-refractivity contribution in [3.63, 3.8) is 0 Å². The third-order valence-corrected chi connectivity index (χ3v) is 9.89. The molecule has 0 aliphatic heterocycles. The smallest absolute Gasteiger partial charge is 0.161 e. The molecule has 0 bridgehead atoms. The van der Waals surface area contributed by atoms with Gasteiger partial charge in [-0.3, -0.25) is 0 Å². The van der Waals surface area contributed by atoms with Crippen molar-refractivity contribution in [3.05, 3.63) is 182 Å². The second kappa shape index (κ2) is 11.9. The topological polar surface area (TPSA) is 38.9 Å². The van der Waals surface area contributed by atoms with Gasteiger partial charge in [-0.05, 0) is 68.6 Å². The summed E-state index contributed by atoms with van der Waals surface area (Å²) in [6.07, 6.45) is 0. The number of nitrogens with zero attached hydrogens (tertiary/aromatic N) is 2. The lowest BCUT2D eigenvalue weighted by Gasteiger charge is -2.15. The van der Waals surface area contributed by atoms with Crippen LogP contribution in [0.15, 0.2) is 186 Å². The highest BCUT2D eigenvalue weighted by Crippen LogP contribution is 2.45. The van der Waals surface area contributed by atoms with E-state index in [1.807, 2.05) is 12.1 Å². The molecule has 8 aromatic carbocycles. The van der Waals surface area contributed by atoms with E-state index in [0.29, 0.717) is 5.82 Å². The Balaban J connectivity index is 1.23. The van der Waals surface area contributed by atoms with Crippen LogP contribution in [0, 0.1) is 0 Å². The first-order chi connectivity index (χ1) is 25.3. The molecule has 2 aromatic heterocycles. The van der Waals surface area contributed by atoms with Crippen LogP contribution in [0.4, 0.5) is 0 Å². The summed E-state index contributed by atoms with van der Waals surface area (Å²) in [4.78, 5) is 10.4. The predicted octanol–water partition coefficient (Wildman–Crippen LogP) is 13.0. The normalized spacial score (nSPS) is 11.5. The summed E-state index contributed by atoms with van der Waals surface area (Å²) in [5.41, 5.74) is 11.1. The van der Waals surface area contributed by atoms with E-state index in [1.54, 1.807) is 0 Å². The SMILES string of the molecule is c1ccc(-c2cc(-c3ccccc3)nc(-c3ccc(-c4ccc(-c5ccccc5)c5oc6cc7ccccc7cc6c45)c4ccccc34)n2)cc1. The molecule has 0 aliphatic rings. The van der Waals surface area contributed by atoms with Gasteiger partial charge in [-0.1, -0.05) is 152 Å². The Morgan fingerprint density at radius 3 is 1.49 bits per heavy atom. The zero-order valence-electron chi connectivity index (χ0n) is 27.6. The van der Waals surface area contributed by atoms with E-state index in [9.17, 15) is 0 Å². The molecule has 3 nitrogen and oxygen atoms in total. The minimum absolute atomic E-state index is 0.697. The van der Waals surface area contributed by atoms with Crippen molar-refractivity contribution >= 4 is 43.5 Å². The molecule has 0 saturated heterocycles. The molecule has 10 aromatic rings. The summed E-state index contributed by atoms with van der Waals surface area (Å²) in [6, 6.07) is 63.7. The quantitative estimate of drug-likeness (QED) is 0.186. The first kappa shape index (κ1) is 29.1. The van der Waals surface area contributed by atoms with Crippen molar-refractivity contribution in [2.24, 2.45) is 0 Å². The standard InChI is InChI=1S/C48H30N2O/c1-4-14-31(15-5-1)36-24-26-40(46-42-28-34-20-10-11-21-35(34)29-45(42)51-47(36)46)39-25-27-41(38-23-13-12-22-37(38)39)48-49-43(32-16-6-2-7-17-32)30-44(50-48)33-18-8-3-9-19-33/h1-30H. The average molecular weight is 651 g/mol. The van der Waals surface area contributed by atoms with Gasteiger partial charge in [0.15, 0.2) is 5.82 Å². The van der Waals surface area contributed by atoms with Gasteiger partial charge in [-0.2, -0.15) is 0 Å². The molecular formula is C48H30N2O. The Kier molecular flexibility index (Phi) is 6.81. The lowest BCUT2D eigenvalue weighted by molar-refractivity contribution is 0.670. The van der Waals surface area contributed by atoms with E-state index in [1.165, 1.54) is 5.39 Å². The first-order valence-corrected chi connectivity index (χ1v) is 17.2. The van der Waals surface area contributed by atoms with Gasteiger partial charge >= 0.3 is 0 Å².